The number of carbonyl (C=O) groups is 2. The lowest BCUT2D eigenvalue weighted by atomic mass is 10.1. The van der Waals surface area contributed by atoms with Gasteiger partial charge in [0.25, 0.3) is 0 Å². The Morgan fingerprint density at radius 1 is 1.03 bits per heavy atom. The number of benzene rings is 2. The normalized spacial score (nSPS) is 12.5. The van der Waals surface area contributed by atoms with E-state index in [1.54, 1.807) is 25.1 Å². The van der Waals surface area contributed by atoms with Crippen molar-refractivity contribution in [2.45, 2.75) is 37.8 Å². The largest absolute Gasteiger partial charge is 0.354 e. The van der Waals surface area contributed by atoms with Crippen LogP contribution in [0, 0.1) is 0 Å². The molecule has 0 radical (unpaired) electrons. The molecule has 1 N–H and O–H groups in total. The fraction of sp³-hybridized carbons (Fsp3) is 0.364. The maximum absolute atomic E-state index is 13.2. The molecule has 2 rings (SSSR count). The van der Waals surface area contributed by atoms with Crippen LogP contribution in [0.4, 0.5) is 0 Å². The third-order valence-corrected chi connectivity index (χ3v) is 7.74. The smallest absolute Gasteiger partial charge is 0.243 e. The molecule has 2 amide bonds. The summed E-state index contributed by atoms with van der Waals surface area (Å²) in [5.41, 5.74) is 0.649. The summed E-state index contributed by atoms with van der Waals surface area (Å²) in [7, 11) is -2.64. The van der Waals surface area contributed by atoms with Gasteiger partial charge < -0.3 is 10.2 Å². The van der Waals surface area contributed by atoms with Gasteiger partial charge in [-0.1, -0.05) is 47.8 Å². The molecule has 11 heteroatoms. The van der Waals surface area contributed by atoms with Gasteiger partial charge in [0.1, 0.15) is 6.04 Å². The Labute approximate surface area is 209 Å². The highest BCUT2D eigenvalue weighted by Gasteiger charge is 2.30. The summed E-state index contributed by atoms with van der Waals surface area (Å²) < 4.78 is 26.7. The van der Waals surface area contributed by atoms with E-state index in [9.17, 15) is 18.0 Å². The molecule has 0 fully saturated rings. The summed E-state index contributed by atoms with van der Waals surface area (Å²) in [6, 6.07) is 9.71. The van der Waals surface area contributed by atoms with Crippen molar-refractivity contribution in [1.29, 1.82) is 0 Å². The highest BCUT2D eigenvalue weighted by atomic mass is 35.5. The predicted octanol–water partition coefficient (Wildman–Crippen LogP) is 4.21. The van der Waals surface area contributed by atoms with E-state index in [0.29, 0.717) is 27.2 Å². The van der Waals surface area contributed by atoms with Crippen LogP contribution in [0.5, 0.6) is 0 Å². The number of nitrogens with zero attached hydrogens (tertiary/aromatic N) is 2. The second-order valence-corrected chi connectivity index (χ2v) is 10.7. The first-order chi connectivity index (χ1) is 15.5. The molecule has 33 heavy (non-hydrogen) atoms. The molecular weight excluding hydrogens is 509 g/mol. The van der Waals surface area contributed by atoms with Crippen LogP contribution in [0.3, 0.4) is 0 Å². The van der Waals surface area contributed by atoms with Crippen LogP contribution in [0.1, 0.15) is 25.8 Å². The lowest BCUT2D eigenvalue weighted by Gasteiger charge is -2.30. The zero-order valence-electron chi connectivity index (χ0n) is 18.5. The first-order valence-corrected chi connectivity index (χ1v) is 12.8. The Kier molecular flexibility index (Phi) is 10.00. The van der Waals surface area contributed by atoms with Crippen LogP contribution in [0.2, 0.25) is 15.1 Å². The third-order valence-electron chi connectivity index (χ3n) is 4.93. The average molecular weight is 535 g/mol. The summed E-state index contributed by atoms with van der Waals surface area (Å²) in [5, 5.41) is 3.83. The number of nitrogens with one attached hydrogen (secondary N) is 1. The molecule has 7 nitrogen and oxygen atoms in total. The van der Waals surface area contributed by atoms with Crippen molar-refractivity contribution in [1.82, 2.24) is 14.5 Å². The maximum Gasteiger partial charge on any atom is 0.243 e. The lowest BCUT2D eigenvalue weighted by Crippen LogP contribution is -2.50. The van der Waals surface area contributed by atoms with E-state index in [1.807, 2.05) is 6.92 Å². The molecule has 0 aliphatic rings. The predicted molar refractivity (Wildman–Crippen MR) is 131 cm³/mol. The fourth-order valence-electron chi connectivity index (χ4n) is 2.97. The van der Waals surface area contributed by atoms with Gasteiger partial charge in [-0.3, -0.25) is 9.59 Å². The van der Waals surface area contributed by atoms with Crippen LogP contribution in [0.15, 0.2) is 47.4 Å². The van der Waals surface area contributed by atoms with Gasteiger partial charge in [-0.05, 0) is 55.3 Å². The molecular formula is C22H26Cl3N3O4S. The molecule has 2 aromatic carbocycles. The van der Waals surface area contributed by atoms with E-state index in [1.165, 1.54) is 36.2 Å². The van der Waals surface area contributed by atoms with Gasteiger partial charge in [-0.2, -0.15) is 4.31 Å². The second-order valence-electron chi connectivity index (χ2n) is 7.45. The van der Waals surface area contributed by atoms with Crippen LogP contribution in [0.25, 0.3) is 0 Å². The summed E-state index contributed by atoms with van der Waals surface area (Å²) >= 11 is 17.9. The molecule has 0 aliphatic carbocycles. The highest BCUT2D eigenvalue weighted by molar-refractivity contribution is 7.89. The first kappa shape index (κ1) is 27.4. The number of hydrogen-bond donors (Lipinski definition) is 1. The van der Waals surface area contributed by atoms with Crippen molar-refractivity contribution < 1.29 is 18.0 Å². The minimum Gasteiger partial charge on any atom is -0.354 e. The molecule has 0 saturated heterocycles. The van der Waals surface area contributed by atoms with Crippen molar-refractivity contribution in [2.24, 2.45) is 0 Å². The van der Waals surface area contributed by atoms with Crippen molar-refractivity contribution in [3.8, 4) is 0 Å². The van der Waals surface area contributed by atoms with Gasteiger partial charge in [0.15, 0.2) is 0 Å². The molecule has 0 aromatic heterocycles. The number of likely N-dealkylation sites (N-methyl/N-ethyl adjacent to an activating group) is 1. The molecule has 0 spiro atoms. The number of hydrogen-bond acceptors (Lipinski definition) is 4. The Hall–Kier alpha value is -1.84. The number of rotatable bonds is 10. The van der Waals surface area contributed by atoms with Gasteiger partial charge in [0.05, 0.1) is 21.5 Å². The first-order valence-electron chi connectivity index (χ1n) is 10.2. The molecule has 180 valence electrons. The Morgan fingerprint density at radius 2 is 1.67 bits per heavy atom. The van der Waals surface area contributed by atoms with E-state index < -0.39 is 28.5 Å². The van der Waals surface area contributed by atoms with Gasteiger partial charge in [0, 0.05) is 25.2 Å². The van der Waals surface area contributed by atoms with Gasteiger partial charge in [-0.15, -0.1) is 0 Å². The summed E-state index contributed by atoms with van der Waals surface area (Å²) in [4.78, 5) is 27.1. The van der Waals surface area contributed by atoms with E-state index in [4.69, 9.17) is 34.8 Å². The third kappa shape index (κ3) is 7.32. The molecule has 0 aliphatic heterocycles. The summed E-state index contributed by atoms with van der Waals surface area (Å²) in [6.07, 6.45) is 0.737. The van der Waals surface area contributed by atoms with E-state index >= 15 is 0 Å². The van der Waals surface area contributed by atoms with Gasteiger partial charge in [-0.25, -0.2) is 8.42 Å². The Bertz CT molecular complexity index is 1090. The highest BCUT2D eigenvalue weighted by Crippen LogP contribution is 2.24. The minimum atomic E-state index is -3.94. The van der Waals surface area contributed by atoms with Gasteiger partial charge >= 0.3 is 0 Å². The van der Waals surface area contributed by atoms with Gasteiger partial charge in [0.2, 0.25) is 21.8 Å². The standard InChI is InChI=1S/C22H26Cl3N3O4S/c1-4-11-26-22(30)15(2)28(13-16-5-10-19(24)20(25)12-16)21(29)14-27(3)33(31,32)18-8-6-17(23)7-9-18/h5-10,12,15H,4,11,13-14H2,1-3H3,(H,26,30). The zero-order valence-corrected chi connectivity index (χ0v) is 21.6. The molecule has 1 unspecified atom stereocenters. The molecule has 2 aromatic rings. The van der Waals surface area contributed by atoms with Crippen LogP contribution in [-0.2, 0) is 26.2 Å². The Morgan fingerprint density at radius 3 is 2.24 bits per heavy atom. The van der Waals surface area contributed by atoms with Crippen molar-refractivity contribution in [2.75, 3.05) is 20.1 Å². The van der Waals surface area contributed by atoms with Crippen molar-refractivity contribution >= 4 is 56.6 Å². The number of sulfonamides is 1. The fourth-order valence-corrected chi connectivity index (χ4v) is 4.53. The topological polar surface area (TPSA) is 86.8 Å². The van der Waals surface area contributed by atoms with E-state index in [0.717, 1.165) is 10.7 Å². The number of carbonyl (C=O) groups excluding carboxylic acids is 2. The quantitative estimate of drug-likeness (QED) is 0.495. The number of halogens is 3. The molecule has 0 bridgehead atoms. The van der Waals surface area contributed by atoms with E-state index in [2.05, 4.69) is 5.32 Å². The second kappa shape index (κ2) is 12.0. The van der Waals surface area contributed by atoms with Crippen LogP contribution < -0.4 is 5.32 Å². The lowest BCUT2D eigenvalue weighted by molar-refractivity contribution is -0.140. The molecule has 0 heterocycles. The maximum atomic E-state index is 13.2. The monoisotopic (exact) mass is 533 g/mol. The average Bonchev–Trinajstić information content (AvgIpc) is 2.77. The minimum absolute atomic E-state index is 0.00645. The molecule has 0 saturated carbocycles. The summed E-state index contributed by atoms with van der Waals surface area (Å²) in [6.45, 7) is 3.56. The summed E-state index contributed by atoms with van der Waals surface area (Å²) in [5.74, 6) is -0.881. The van der Waals surface area contributed by atoms with E-state index in [-0.39, 0.29) is 17.3 Å². The van der Waals surface area contributed by atoms with Crippen molar-refractivity contribution in [3.63, 3.8) is 0 Å². The van der Waals surface area contributed by atoms with Crippen LogP contribution >= 0.6 is 34.8 Å². The number of amides is 2. The zero-order chi connectivity index (χ0) is 24.8. The molecule has 1 atom stereocenters. The Balaban J connectivity index is 2.28. The SMILES string of the molecule is CCCNC(=O)C(C)N(Cc1ccc(Cl)c(Cl)c1)C(=O)CN(C)S(=O)(=O)c1ccc(Cl)cc1. The van der Waals surface area contributed by atoms with Crippen LogP contribution in [-0.4, -0.2) is 55.6 Å². The van der Waals surface area contributed by atoms with Crippen molar-refractivity contribution in [3.05, 3.63) is 63.1 Å².